The van der Waals surface area contributed by atoms with Gasteiger partial charge in [0, 0.05) is 10.2 Å². The zero-order valence-corrected chi connectivity index (χ0v) is 17.6. The molecular formula is C18H17BrN4O5S. The van der Waals surface area contributed by atoms with Gasteiger partial charge in [0.05, 0.1) is 4.90 Å². The molecule has 0 unspecified atom stereocenters. The Hall–Kier alpha value is -2.76. The lowest BCUT2D eigenvalue weighted by atomic mass is 9.92. The van der Waals surface area contributed by atoms with E-state index in [1.54, 1.807) is 31.2 Å². The zero-order valence-electron chi connectivity index (χ0n) is 15.2. The summed E-state index contributed by atoms with van der Waals surface area (Å²) in [5.41, 5.74) is -0.422. The highest BCUT2D eigenvalue weighted by molar-refractivity contribution is 9.10. The fraction of sp³-hybridized carbons (Fsp3) is 0.167. The standard InChI is InChI=1S/C18H17BrN4O5S/c1-18(11-3-2-4-12(19)9-11)16(25)23(17(26)22-18)10-15(24)21-13-5-7-14(8-6-13)29(20,27)28/h2-9H,10H2,1H3,(H,21,24)(H,22,26)(H2,20,27,28)/t18-/m1/s1. The van der Waals surface area contributed by atoms with Crippen molar-refractivity contribution in [3.8, 4) is 0 Å². The first kappa shape index (κ1) is 21.0. The number of amides is 4. The molecule has 29 heavy (non-hydrogen) atoms. The van der Waals surface area contributed by atoms with Gasteiger partial charge in [0.2, 0.25) is 15.9 Å². The predicted octanol–water partition coefficient (Wildman–Crippen LogP) is 1.50. The molecule has 1 atom stereocenters. The van der Waals surface area contributed by atoms with E-state index < -0.39 is 40.0 Å². The number of carbonyl (C=O) groups is 3. The third-order valence-corrected chi connectivity index (χ3v) is 5.87. The minimum Gasteiger partial charge on any atom is -0.325 e. The normalized spacial score (nSPS) is 19.2. The number of primary sulfonamides is 1. The number of nitrogens with two attached hydrogens (primary N) is 1. The molecule has 1 saturated heterocycles. The van der Waals surface area contributed by atoms with E-state index in [4.69, 9.17) is 5.14 Å². The van der Waals surface area contributed by atoms with Crippen LogP contribution >= 0.6 is 15.9 Å². The lowest BCUT2D eigenvalue weighted by molar-refractivity contribution is -0.133. The van der Waals surface area contributed by atoms with Crippen LogP contribution < -0.4 is 15.8 Å². The second-order valence-electron chi connectivity index (χ2n) is 6.57. The van der Waals surface area contributed by atoms with Crippen molar-refractivity contribution in [3.63, 3.8) is 0 Å². The van der Waals surface area contributed by atoms with Crippen LogP contribution in [0.3, 0.4) is 0 Å². The second-order valence-corrected chi connectivity index (χ2v) is 9.05. The molecule has 0 aromatic heterocycles. The average molecular weight is 481 g/mol. The van der Waals surface area contributed by atoms with E-state index >= 15 is 0 Å². The van der Waals surface area contributed by atoms with Crippen molar-refractivity contribution < 1.29 is 22.8 Å². The van der Waals surface area contributed by atoms with Crippen LogP contribution in [0, 0.1) is 0 Å². The molecule has 3 rings (SSSR count). The Kier molecular flexibility index (Phi) is 5.48. The summed E-state index contributed by atoms with van der Waals surface area (Å²) in [6.45, 7) is 1.07. The molecule has 1 heterocycles. The largest absolute Gasteiger partial charge is 0.325 e. The van der Waals surface area contributed by atoms with Gasteiger partial charge in [0.15, 0.2) is 0 Å². The van der Waals surface area contributed by atoms with Crippen molar-refractivity contribution in [2.75, 3.05) is 11.9 Å². The Morgan fingerprint density at radius 2 is 1.86 bits per heavy atom. The smallest absolute Gasteiger partial charge is 0.325 e. The number of anilines is 1. The third-order valence-electron chi connectivity index (χ3n) is 4.45. The SMILES string of the molecule is C[C@]1(c2cccc(Br)c2)NC(=O)N(CC(=O)Nc2ccc(S(N)(=O)=O)cc2)C1=O. The molecule has 1 aliphatic rings. The molecule has 1 aliphatic heterocycles. The fourth-order valence-corrected chi connectivity index (χ4v) is 3.82. The van der Waals surface area contributed by atoms with Crippen LogP contribution in [-0.2, 0) is 25.2 Å². The van der Waals surface area contributed by atoms with E-state index in [0.29, 0.717) is 11.3 Å². The molecule has 2 aromatic carbocycles. The van der Waals surface area contributed by atoms with Crippen LogP contribution in [0.1, 0.15) is 12.5 Å². The van der Waals surface area contributed by atoms with Crippen LogP contribution in [0.4, 0.5) is 10.5 Å². The van der Waals surface area contributed by atoms with Gasteiger partial charge in [0.1, 0.15) is 12.1 Å². The lowest BCUT2D eigenvalue weighted by Gasteiger charge is -2.22. The summed E-state index contributed by atoms with van der Waals surface area (Å²) < 4.78 is 23.3. The number of nitrogens with zero attached hydrogens (tertiary/aromatic N) is 1. The summed E-state index contributed by atoms with van der Waals surface area (Å²) in [5.74, 6) is -1.17. The van der Waals surface area contributed by atoms with Gasteiger partial charge in [-0.2, -0.15) is 0 Å². The number of benzene rings is 2. The Balaban J connectivity index is 1.72. The van der Waals surface area contributed by atoms with Crippen molar-refractivity contribution in [2.45, 2.75) is 17.4 Å². The number of hydrogen-bond donors (Lipinski definition) is 3. The van der Waals surface area contributed by atoms with Crippen LogP contribution in [0.25, 0.3) is 0 Å². The average Bonchev–Trinajstić information content (AvgIpc) is 2.85. The van der Waals surface area contributed by atoms with Gasteiger partial charge in [-0.1, -0.05) is 28.1 Å². The van der Waals surface area contributed by atoms with Crippen LogP contribution in [0.5, 0.6) is 0 Å². The molecule has 0 radical (unpaired) electrons. The number of hydrogen-bond acceptors (Lipinski definition) is 5. The van der Waals surface area contributed by atoms with Gasteiger partial charge in [-0.25, -0.2) is 18.4 Å². The minimum absolute atomic E-state index is 0.102. The summed E-state index contributed by atoms with van der Waals surface area (Å²) >= 11 is 3.33. The third kappa shape index (κ3) is 4.31. The van der Waals surface area contributed by atoms with E-state index in [9.17, 15) is 22.8 Å². The maximum absolute atomic E-state index is 12.9. The van der Waals surface area contributed by atoms with Gasteiger partial charge in [0.25, 0.3) is 5.91 Å². The Morgan fingerprint density at radius 1 is 1.21 bits per heavy atom. The highest BCUT2D eigenvalue weighted by Gasteiger charge is 2.49. The molecule has 1 fully saturated rings. The number of sulfonamides is 1. The van der Waals surface area contributed by atoms with Gasteiger partial charge in [-0.15, -0.1) is 0 Å². The molecule has 152 valence electrons. The van der Waals surface area contributed by atoms with Gasteiger partial charge >= 0.3 is 6.03 Å². The lowest BCUT2D eigenvalue weighted by Crippen LogP contribution is -2.42. The van der Waals surface area contributed by atoms with Crippen molar-refractivity contribution in [3.05, 3.63) is 58.6 Å². The Labute approximate surface area is 175 Å². The van der Waals surface area contributed by atoms with Crippen molar-refractivity contribution in [2.24, 2.45) is 5.14 Å². The van der Waals surface area contributed by atoms with Gasteiger partial charge < -0.3 is 10.6 Å². The fourth-order valence-electron chi connectivity index (χ4n) is 2.91. The summed E-state index contributed by atoms with van der Waals surface area (Å²) in [4.78, 5) is 38.2. The highest BCUT2D eigenvalue weighted by atomic mass is 79.9. The van der Waals surface area contributed by atoms with Crippen molar-refractivity contribution >= 4 is 49.5 Å². The molecule has 2 aromatic rings. The molecule has 0 bridgehead atoms. The second kappa shape index (κ2) is 7.58. The molecular weight excluding hydrogens is 464 g/mol. The number of rotatable bonds is 5. The molecule has 4 N–H and O–H groups in total. The molecule has 4 amide bonds. The highest BCUT2D eigenvalue weighted by Crippen LogP contribution is 2.30. The number of imide groups is 1. The maximum atomic E-state index is 12.9. The van der Waals surface area contributed by atoms with Crippen LogP contribution in [0.2, 0.25) is 0 Å². The maximum Gasteiger partial charge on any atom is 0.325 e. The van der Waals surface area contributed by atoms with E-state index in [2.05, 4.69) is 26.6 Å². The Bertz CT molecular complexity index is 1100. The number of urea groups is 1. The van der Waals surface area contributed by atoms with Gasteiger partial charge in [-0.3, -0.25) is 14.5 Å². The number of nitrogens with one attached hydrogen (secondary N) is 2. The first-order valence-corrected chi connectivity index (χ1v) is 10.7. The van der Waals surface area contributed by atoms with Crippen LogP contribution in [-0.4, -0.2) is 37.7 Å². The number of halogens is 1. The van der Waals surface area contributed by atoms with E-state index in [1.165, 1.54) is 24.3 Å². The minimum atomic E-state index is -3.85. The molecule has 0 aliphatic carbocycles. The summed E-state index contributed by atoms with van der Waals surface area (Å²) in [6, 6.07) is 11.5. The summed E-state index contributed by atoms with van der Waals surface area (Å²) in [7, 11) is -3.85. The molecule has 9 nitrogen and oxygen atoms in total. The van der Waals surface area contributed by atoms with E-state index in [0.717, 1.165) is 9.37 Å². The van der Waals surface area contributed by atoms with E-state index in [1.807, 2.05) is 0 Å². The molecule has 0 saturated carbocycles. The summed E-state index contributed by atoms with van der Waals surface area (Å²) in [5, 5.41) is 10.2. The number of carbonyl (C=O) groups excluding carboxylic acids is 3. The van der Waals surface area contributed by atoms with E-state index in [-0.39, 0.29) is 4.90 Å². The van der Waals surface area contributed by atoms with Crippen molar-refractivity contribution in [1.82, 2.24) is 10.2 Å². The zero-order chi connectivity index (χ0) is 21.4. The van der Waals surface area contributed by atoms with Crippen LogP contribution in [0.15, 0.2) is 57.9 Å². The van der Waals surface area contributed by atoms with Gasteiger partial charge in [-0.05, 0) is 48.9 Å². The topological polar surface area (TPSA) is 139 Å². The molecule has 0 spiro atoms. The Morgan fingerprint density at radius 3 is 2.45 bits per heavy atom. The monoisotopic (exact) mass is 480 g/mol. The first-order chi connectivity index (χ1) is 13.5. The first-order valence-electron chi connectivity index (χ1n) is 8.33. The predicted molar refractivity (Wildman–Crippen MR) is 108 cm³/mol. The quantitative estimate of drug-likeness (QED) is 0.556. The molecule has 11 heteroatoms. The summed E-state index contributed by atoms with van der Waals surface area (Å²) in [6.07, 6.45) is 0. The van der Waals surface area contributed by atoms with Crippen molar-refractivity contribution in [1.29, 1.82) is 0 Å².